The summed E-state index contributed by atoms with van der Waals surface area (Å²) < 4.78 is 186. The van der Waals surface area contributed by atoms with E-state index < -0.39 is 128 Å². The topological polar surface area (TPSA) is 122 Å². The van der Waals surface area contributed by atoms with Gasteiger partial charge in [0.15, 0.2) is 0 Å². The number of fused-ring (bicyclic) bond motifs is 4. The Kier molecular flexibility index (Phi) is 30.7. The highest BCUT2D eigenvalue weighted by atomic mass is 35.5. The molecule has 34 heteroatoms. The predicted octanol–water partition coefficient (Wildman–Crippen LogP) is 17.1. The summed E-state index contributed by atoms with van der Waals surface area (Å²) in [5.41, 5.74) is -0.166. The molecule has 0 saturated carbocycles. The first-order chi connectivity index (χ1) is 46.7. The number of rotatable bonds is 18. The molecule has 0 radical (unpaired) electrons. The first-order valence-electron chi connectivity index (χ1n) is 31.5. The molecule has 4 amide bonds. The van der Waals surface area contributed by atoms with E-state index in [0.29, 0.717) is 87.6 Å². The Hall–Kier alpha value is -4.98. The zero-order chi connectivity index (χ0) is 73.3. The van der Waals surface area contributed by atoms with E-state index in [-0.39, 0.29) is 95.9 Å². The molecule has 0 bridgehead atoms. The van der Waals surface area contributed by atoms with Crippen molar-refractivity contribution in [3.63, 3.8) is 0 Å². The lowest BCUT2D eigenvalue weighted by Crippen LogP contribution is -2.56. The van der Waals surface area contributed by atoms with Crippen LogP contribution in [0.15, 0.2) is 133 Å². The second kappa shape index (κ2) is 35.6. The Labute approximate surface area is 646 Å². The van der Waals surface area contributed by atoms with Gasteiger partial charge in [0.1, 0.15) is 12.8 Å². The van der Waals surface area contributed by atoms with E-state index >= 15 is 0 Å². The normalized spacial score (nSPS) is 18.1. The fraction of sp³-hybridized carbons (Fsp3) is 0.429. The maximum Gasteiger partial charge on any atom is 0.416 e. The van der Waals surface area contributed by atoms with Crippen molar-refractivity contribution in [2.45, 2.75) is 108 Å². The van der Waals surface area contributed by atoms with E-state index in [1.165, 1.54) is 62.3 Å². The summed E-state index contributed by atoms with van der Waals surface area (Å²) in [6.45, 7) is 1.95. The molecule has 2 fully saturated rings. The van der Waals surface area contributed by atoms with Gasteiger partial charge in [0, 0.05) is 98.6 Å². The van der Waals surface area contributed by atoms with Crippen LogP contribution in [0.2, 0.25) is 20.1 Å². The van der Waals surface area contributed by atoms with Crippen molar-refractivity contribution in [2.24, 2.45) is 0 Å². The van der Waals surface area contributed by atoms with Crippen LogP contribution in [0, 0.1) is 0 Å². The minimum absolute atomic E-state index is 0. The van der Waals surface area contributed by atoms with Crippen LogP contribution in [0.25, 0.3) is 0 Å². The van der Waals surface area contributed by atoms with Gasteiger partial charge in [-0.15, -0.1) is 24.8 Å². The summed E-state index contributed by atoms with van der Waals surface area (Å²) in [7, 11) is 2.98. The number of hydrogen-bond donors (Lipinski definition) is 0. The number of carbonyl (C=O) groups is 4. The molecular formula is C70H76Cl6F12N6O6S4. The van der Waals surface area contributed by atoms with E-state index in [2.05, 4.69) is 9.80 Å². The Balaban J connectivity index is 0.000000360. The monoisotopic (exact) mass is 1660 g/mol. The van der Waals surface area contributed by atoms with Crippen LogP contribution >= 0.6 is 98.2 Å². The number of piperidine rings is 2. The first kappa shape index (κ1) is 89.6. The molecule has 0 aromatic heterocycles. The Bertz CT molecular complexity index is 3800. The van der Waals surface area contributed by atoms with Gasteiger partial charge in [-0.1, -0.05) is 107 Å². The van der Waals surface area contributed by atoms with Crippen molar-refractivity contribution in [1.29, 1.82) is 0 Å². The van der Waals surface area contributed by atoms with Gasteiger partial charge in [0.05, 0.1) is 51.8 Å². The van der Waals surface area contributed by atoms with Crippen molar-refractivity contribution in [3.05, 3.63) is 209 Å². The van der Waals surface area contributed by atoms with E-state index in [0.717, 1.165) is 80.6 Å². The van der Waals surface area contributed by atoms with Crippen LogP contribution in [0.4, 0.5) is 52.7 Å². The van der Waals surface area contributed by atoms with Gasteiger partial charge in [-0.05, 0) is 171 Å². The van der Waals surface area contributed by atoms with E-state index in [1.54, 1.807) is 12.1 Å². The summed E-state index contributed by atoms with van der Waals surface area (Å²) >= 11 is 25.3. The maximum absolute atomic E-state index is 14.1. The third kappa shape index (κ3) is 20.1. The lowest BCUT2D eigenvalue weighted by atomic mass is 9.82. The van der Waals surface area contributed by atoms with Gasteiger partial charge in [-0.3, -0.25) is 27.6 Å². The molecular weight excluding hydrogens is 1590 g/mol. The standard InChI is InChI=1S/2C35H35Cl2F6N3O3S.2ClH.2H2S/c2*1-44(30(47)20-34(38,39)40)22-32(26-11-12-28(36)29(37)19-26,45(2)31(48)23-7-9-25(10-8-23)35(41,42)43)13-16-46-17-14-33(15-18-46)27-6-4-3-5-24(27)21-50(33)49;;;;/h2*3-12,19H,13-18,20-22H2,1-2H3;2*1H;2*1H2/t2*32-,50?;;;;/m11..../s1. The van der Waals surface area contributed by atoms with Crippen LogP contribution in [-0.2, 0) is 75.6 Å². The van der Waals surface area contributed by atoms with Gasteiger partial charge < -0.3 is 29.4 Å². The van der Waals surface area contributed by atoms with Crippen molar-refractivity contribution in [2.75, 3.05) is 80.5 Å². The highest BCUT2D eigenvalue weighted by Crippen LogP contribution is 2.50. The molecule has 2 saturated heterocycles. The molecule has 104 heavy (non-hydrogen) atoms. The van der Waals surface area contributed by atoms with Crippen molar-refractivity contribution >= 4 is 143 Å². The molecule has 572 valence electrons. The van der Waals surface area contributed by atoms with Gasteiger partial charge in [-0.25, -0.2) is 0 Å². The first-order valence-corrected chi connectivity index (χ1v) is 35.7. The highest BCUT2D eigenvalue weighted by molar-refractivity contribution is 7.85. The fourth-order valence-electron chi connectivity index (χ4n) is 14.0. The molecule has 4 aliphatic heterocycles. The Morgan fingerprint density at radius 1 is 0.442 bits per heavy atom. The average Bonchev–Trinajstić information content (AvgIpc) is 1.50. The number of likely N-dealkylation sites (tertiary alicyclic amines) is 2. The SMILES string of the molecule is CN(C[C@](CCN1CCC2(CC1)c1ccccc1CS2=O)(c1ccc(Cl)c(Cl)c1)N(C)C(=O)c1ccc(C(F)(F)F)cc1)C(=O)CC(F)(F)F.CN(C[C@](CCN1CCC2(CC1)c1ccccc1CS2=O)(c1ccc(Cl)c(Cl)c1)N(C)C(=O)c1ccc(C(F)(F)F)cc1)C(=O)CC(F)(F)F.Cl.Cl.S.S. The lowest BCUT2D eigenvalue weighted by Gasteiger charge is -2.47. The average molecular weight is 1670 g/mol. The van der Waals surface area contributed by atoms with Crippen molar-refractivity contribution in [1.82, 2.24) is 29.4 Å². The zero-order valence-corrected chi connectivity index (χ0v) is 64.5. The molecule has 6 aromatic carbocycles. The Morgan fingerprint density at radius 2 is 0.740 bits per heavy atom. The number of amides is 4. The minimum Gasteiger partial charge on any atom is -0.343 e. The molecule has 10 rings (SSSR count). The molecule has 0 N–H and O–H groups in total. The Morgan fingerprint density at radius 3 is 1.03 bits per heavy atom. The van der Waals surface area contributed by atoms with Crippen LogP contribution in [-0.4, -0.2) is 154 Å². The molecule has 0 aliphatic carbocycles. The molecule has 2 unspecified atom stereocenters. The number of benzene rings is 6. The van der Waals surface area contributed by atoms with E-state index in [4.69, 9.17) is 46.4 Å². The summed E-state index contributed by atoms with van der Waals surface area (Å²) in [5.74, 6) is -2.97. The summed E-state index contributed by atoms with van der Waals surface area (Å²) in [4.78, 5) is 62.4. The number of alkyl halides is 12. The largest absolute Gasteiger partial charge is 0.416 e. The van der Waals surface area contributed by atoms with Gasteiger partial charge in [0.25, 0.3) is 11.8 Å². The zero-order valence-electron chi connectivity index (χ0n) is 56.2. The van der Waals surface area contributed by atoms with E-state index in [1.807, 2.05) is 48.5 Å². The van der Waals surface area contributed by atoms with Crippen LogP contribution < -0.4 is 0 Å². The number of likely N-dealkylation sites (N-methyl/N-ethyl adjacent to an activating group) is 4. The third-order valence-electron chi connectivity index (χ3n) is 19.7. The predicted molar refractivity (Wildman–Crippen MR) is 396 cm³/mol. The maximum atomic E-state index is 14.1. The molecule has 4 heterocycles. The van der Waals surface area contributed by atoms with Crippen LogP contribution in [0.3, 0.4) is 0 Å². The number of nitrogens with zero attached hydrogens (tertiary/aromatic N) is 6. The summed E-state index contributed by atoms with van der Waals surface area (Å²) in [6, 6.07) is 32.0. The van der Waals surface area contributed by atoms with Crippen molar-refractivity contribution < 1.29 is 80.3 Å². The van der Waals surface area contributed by atoms with E-state index in [9.17, 15) is 80.3 Å². The minimum atomic E-state index is -4.79. The van der Waals surface area contributed by atoms with Crippen LogP contribution in [0.1, 0.15) is 117 Å². The summed E-state index contributed by atoms with van der Waals surface area (Å²) in [6.07, 6.45) is -19.8. The number of carbonyl (C=O) groups excluding carboxylic acids is 4. The molecule has 6 aromatic rings. The molecule has 4 aliphatic rings. The number of halogens is 18. The van der Waals surface area contributed by atoms with Crippen LogP contribution in [0.5, 0.6) is 0 Å². The summed E-state index contributed by atoms with van der Waals surface area (Å²) in [5, 5.41) is 0.536. The number of hydrogen-bond acceptors (Lipinski definition) is 8. The second-order valence-corrected chi connectivity index (χ2v) is 30.9. The fourth-order valence-corrected chi connectivity index (χ4v) is 18.4. The smallest absolute Gasteiger partial charge is 0.343 e. The molecule has 2 spiro atoms. The second-order valence-electron chi connectivity index (χ2n) is 25.7. The highest BCUT2D eigenvalue weighted by Gasteiger charge is 2.51. The van der Waals surface area contributed by atoms with Gasteiger partial charge >= 0.3 is 24.7 Å². The van der Waals surface area contributed by atoms with Gasteiger partial charge in [-0.2, -0.15) is 79.7 Å². The van der Waals surface area contributed by atoms with Crippen molar-refractivity contribution in [3.8, 4) is 0 Å². The quantitative estimate of drug-likeness (QED) is 0.0780. The third-order valence-corrected chi connectivity index (χ3v) is 25.4. The van der Waals surface area contributed by atoms with Gasteiger partial charge in [0.2, 0.25) is 11.8 Å². The molecule has 12 nitrogen and oxygen atoms in total. The molecule has 4 atom stereocenters. The lowest BCUT2D eigenvalue weighted by molar-refractivity contribution is -0.163.